The molecule has 0 bridgehead atoms. The van der Waals surface area contributed by atoms with Crippen LogP contribution in [0.15, 0.2) is 114 Å². The number of thioether (sulfide) groups is 1. The number of nitrogens with zero attached hydrogens (tertiary/aromatic N) is 2. The van der Waals surface area contributed by atoms with E-state index in [2.05, 4.69) is 20.9 Å². The Morgan fingerprint density at radius 3 is 2.33 bits per heavy atom. The number of nitrogens with one attached hydrogen (secondary N) is 3. The molecule has 0 saturated heterocycles. The van der Waals surface area contributed by atoms with Crippen LogP contribution < -0.4 is 16.0 Å². The lowest BCUT2D eigenvalue weighted by atomic mass is 10.1. The monoisotopic (exact) mass is 581 g/mol. The summed E-state index contributed by atoms with van der Waals surface area (Å²) in [6, 6.07) is 24.6. The van der Waals surface area contributed by atoms with E-state index in [4.69, 9.17) is 0 Å². The number of carbonyl (C=O) groups excluding carboxylic acids is 3. The molecule has 11 heteroatoms. The molecule has 1 atom stereocenters. The van der Waals surface area contributed by atoms with Crippen molar-refractivity contribution in [3.8, 4) is 0 Å². The van der Waals surface area contributed by atoms with Gasteiger partial charge < -0.3 is 16.0 Å². The highest BCUT2D eigenvalue weighted by Crippen LogP contribution is 2.29. The van der Waals surface area contributed by atoms with Gasteiger partial charge in [-0.15, -0.1) is 11.8 Å². The van der Waals surface area contributed by atoms with Crippen LogP contribution in [0.3, 0.4) is 0 Å². The van der Waals surface area contributed by atoms with E-state index in [0.29, 0.717) is 23.4 Å². The van der Waals surface area contributed by atoms with E-state index in [1.807, 2.05) is 13.0 Å². The van der Waals surface area contributed by atoms with Crippen molar-refractivity contribution in [2.75, 3.05) is 10.6 Å². The number of hydrogen-bond donors (Lipinski definition) is 3. The largest absolute Gasteiger partial charge is 0.325 e. The van der Waals surface area contributed by atoms with Crippen molar-refractivity contribution in [1.29, 1.82) is 0 Å². The standard InChI is InChI=1S/C31H27N5O5S/c1-2-28(31(39)33-23-15-17-32-18-16-23)42-25-13-8-12-24(20-25)34-30(38)26(35-29(37)21-9-4-3-5-10-21)19-22-11-6-7-14-27(22)36(40)41/h3-20,28H,2H2,1H3,(H,34,38)(H,35,37)(H,32,33,39)/b26-19+. The molecule has 0 aliphatic rings. The number of carbonyl (C=O) groups is 3. The van der Waals surface area contributed by atoms with Crippen LogP contribution in [0.1, 0.15) is 29.3 Å². The lowest BCUT2D eigenvalue weighted by Crippen LogP contribution is -2.30. The van der Waals surface area contributed by atoms with Gasteiger partial charge in [-0.3, -0.25) is 29.5 Å². The first kappa shape index (κ1) is 29.7. The molecule has 0 aliphatic heterocycles. The zero-order valence-corrected chi connectivity index (χ0v) is 23.3. The highest BCUT2D eigenvalue weighted by molar-refractivity contribution is 8.00. The minimum absolute atomic E-state index is 0.149. The van der Waals surface area contributed by atoms with Crippen LogP contribution in [-0.4, -0.2) is 32.9 Å². The minimum atomic E-state index is -0.679. The summed E-state index contributed by atoms with van der Waals surface area (Å²) in [4.78, 5) is 54.9. The van der Waals surface area contributed by atoms with E-state index < -0.39 is 22.0 Å². The molecule has 3 N–H and O–H groups in total. The molecule has 3 amide bonds. The fraction of sp³-hybridized carbons (Fsp3) is 0.0968. The zero-order valence-electron chi connectivity index (χ0n) is 22.5. The van der Waals surface area contributed by atoms with Crippen molar-refractivity contribution in [2.45, 2.75) is 23.5 Å². The van der Waals surface area contributed by atoms with Crippen molar-refractivity contribution in [2.24, 2.45) is 0 Å². The molecule has 0 fully saturated rings. The molecule has 42 heavy (non-hydrogen) atoms. The molecule has 0 spiro atoms. The third kappa shape index (κ3) is 8.12. The predicted octanol–water partition coefficient (Wildman–Crippen LogP) is 5.91. The molecule has 0 aliphatic carbocycles. The molecular formula is C31H27N5O5S. The second-order valence-electron chi connectivity index (χ2n) is 8.92. The van der Waals surface area contributed by atoms with Crippen LogP contribution in [0.2, 0.25) is 0 Å². The molecule has 0 radical (unpaired) electrons. The average Bonchev–Trinajstić information content (AvgIpc) is 3.00. The Hall–Kier alpha value is -5.29. The number of nitro groups is 1. The van der Waals surface area contributed by atoms with Crippen LogP contribution in [0, 0.1) is 10.1 Å². The smallest absolute Gasteiger partial charge is 0.276 e. The number of para-hydroxylation sites is 1. The van der Waals surface area contributed by atoms with Gasteiger partial charge in [0.05, 0.1) is 15.7 Å². The lowest BCUT2D eigenvalue weighted by molar-refractivity contribution is -0.385. The van der Waals surface area contributed by atoms with Gasteiger partial charge in [0.15, 0.2) is 0 Å². The summed E-state index contributed by atoms with van der Waals surface area (Å²) in [6.45, 7) is 1.91. The Labute approximate surface area is 246 Å². The number of hydrogen-bond acceptors (Lipinski definition) is 7. The number of anilines is 2. The van der Waals surface area contributed by atoms with Gasteiger partial charge in [-0.05, 0) is 61.0 Å². The van der Waals surface area contributed by atoms with E-state index in [1.165, 1.54) is 36.0 Å². The number of benzene rings is 3. The number of aromatic nitrogens is 1. The maximum Gasteiger partial charge on any atom is 0.276 e. The summed E-state index contributed by atoms with van der Waals surface area (Å²) >= 11 is 1.34. The molecule has 1 aromatic heterocycles. The van der Waals surface area contributed by atoms with E-state index in [-0.39, 0.29) is 22.9 Å². The van der Waals surface area contributed by atoms with E-state index in [9.17, 15) is 24.5 Å². The number of nitro benzene ring substituents is 1. The average molecular weight is 582 g/mol. The Balaban J connectivity index is 1.55. The second kappa shape index (κ2) is 14.4. The molecule has 10 nitrogen and oxygen atoms in total. The van der Waals surface area contributed by atoms with E-state index >= 15 is 0 Å². The summed E-state index contributed by atoms with van der Waals surface area (Å²) in [5.74, 6) is -1.39. The fourth-order valence-corrected chi connectivity index (χ4v) is 4.88. The number of pyridine rings is 1. The maximum absolute atomic E-state index is 13.4. The molecule has 4 rings (SSSR count). The van der Waals surface area contributed by atoms with Crippen molar-refractivity contribution in [3.05, 3.63) is 130 Å². The van der Waals surface area contributed by atoms with E-state index in [0.717, 1.165) is 4.90 Å². The van der Waals surface area contributed by atoms with Gasteiger partial charge in [0.2, 0.25) is 5.91 Å². The second-order valence-corrected chi connectivity index (χ2v) is 10.2. The molecule has 0 saturated carbocycles. The SMILES string of the molecule is CCC(Sc1cccc(NC(=O)/C(=C\c2ccccc2[N+](=O)[O-])NC(=O)c2ccccc2)c1)C(=O)Nc1ccncc1. The molecule has 1 heterocycles. The third-order valence-electron chi connectivity index (χ3n) is 5.94. The quantitative estimate of drug-likeness (QED) is 0.0865. The molecule has 3 aromatic carbocycles. The molecule has 4 aromatic rings. The topological polar surface area (TPSA) is 143 Å². The Kier molecular flexibility index (Phi) is 10.2. The summed E-state index contributed by atoms with van der Waals surface area (Å²) in [6.07, 6.45) is 5.02. The zero-order chi connectivity index (χ0) is 29.9. The van der Waals surface area contributed by atoms with Gasteiger partial charge in [0.1, 0.15) is 5.70 Å². The molecule has 1 unspecified atom stereocenters. The summed E-state index contributed by atoms with van der Waals surface area (Å²) in [5.41, 5.74) is 1.12. The predicted molar refractivity (Wildman–Crippen MR) is 163 cm³/mol. The normalized spacial score (nSPS) is 11.7. The van der Waals surface area contributed by atoms with Crippen LogP contribution in [0.25, 0.3) is 6.08 Å². The van der Waals surface area contributed by atoms with Crippen LogP contribution in [-0.2, 0) is 9.59 Å². The van der Waals surface area contributed by atoms with Gasteiger partial charge >= 0.3 is 0 Å². The highest BCUT2D eigenvalue weighted by Gasteiger charge is 2.20. The van der Waals surface area contributed by atoms with Crippen LogP contribution >= 0.6 is 11.8 Å². The first-order valence-corrected chi connectivity index (χ1v) is 13.8. The third-order valence-corrected chi connectivity index (χ3v) is 7.30. The first-order chi connectivity index (χ1) is 20.3. The highest BCUT2D eigenvalue weighted by atomic mass is 32.2. The van der Waals surface area contributed by atoms with Gasteiger partial charge in [0.25, 0.3) is 17.5 Å². The fourth-order valence-electron chi connectivity index (χ4n) is 3.86. The van der Waals surface area contributed by atoms with Gasteiger partial charge in [-0.25, -0.2) is 0 Å². The van der Waals surface area contributed by atoms with Crippen LogP contribution in [0.4, 0.5) is 17.1 Å². The van der Waals surface area contributed by atoms with E-state index in [1.54, 1.807) is 79.1 Å². The van der Waals surface area contributed by atoms with Crippen LogP contribution in [0.5, 0.6) is 0 Å². The first-order valence-electron chi connectivity index (χ1n) is 12.9. The molecular weight excluding hydrogens is 554 g/mol. The van der Waals surface area contributed by atoms with Crippen molar-refractivity contribution in [1.82, 2.24) is 10.3 Å². The molecule has 212 valence electrons. The minimum Gasteiger partial charge on any atom is -0.325 e. The summed E-state index contributed by atoms with van der Waals surface area (Å²) in [7, 11) is 0. The van der Waals surface area contributed by atoms with Crippen molar-refractivity contribution in [3.63, 3.8) is 0 Å². The Morgan fingerprint density at radius 1 is 0.905 bits per heavy atom. The van der Waals surface area contributed by atoms with Gasteiger partial charge in [0, 0.05) is 40.3 Å². The Bertz CT molecular complexity index is 1610. The van der Waals surface area contributed by atoms with Crippen molar-refractivity contribution < 1.29 is 19.3 Å². The Morgan fingerprint density at radius 2 is 1.62 bits per heavy atom. The van der Waals surface area contributed by atoms with Gasteiger partial charge in [-0.2, -0.15) is 0 Å². The number of amides is 3. The lowest BCUT2D eigenvalue weighted by Gasteiger charge is -2.16. The van der Waals surface area contributed by atoms with Crippen molar-refractivity contribution >= 4 is 52.6 Å². The number of rotatable bonds is 11. The summed E-state index contributed by atoms with van der Waals surface area (Å²) < 4.78 is 0. The summed E-state index contributed by atoms with van der Waals surface area (Å²) in [5, 5.41) is 19.4. The van der Waals surface area contributed by atoms with Gasteiger partial charge in [-0.1, -0.05) is 43.3 Å². The maximum atomic E-state index is 13.4.